The molecule has 0 fully saturated rings. The molecule has 4 heteroatoms. The molecule has 0 saturated carbocycles. The number of carbonyl (C=O) groups excluding carboxylic acids is 2. The lowest BCUT2D eigenvalue weighted by atomic mass is 10.1. The number of hydrogen-bond donors (Lipinski definition) is 0. The van der Waals surface area contributed by atoms with Crippen molar-refractivity contribution in [1.29, 1.82) is 0 Å². The topological polar surface area (TPSA) is 52.6 Å². The van der Waals surface area contributed by atoms with E-state index in [1.165, 1.54) is 64.2 Å². The number of benzene rings is 1. The molecule has 0 radical (unpaired) electrons. The highest BCUT2D eigenvalue weighted by molar-refractivity contribution is 6.03. The van der Waals surface area contributed by atoms with Gasteiger partial charge in [-0.1, -0.05) is 124 Å². The van der Waals surface area contributed by atoms with E-state index >= 15 is 0 Å². The first-order valence-corrected chi connectivity index (χ1v) is 13.9. The molecule has 34 heavy (non-hydrogen) atoms. The maximum Gasteiger partial charge on any atom is 0.339 e. The van der Waals surface area contributed by atoms with Gasteiger partial charge < -0.3 is 9.47 Å². The molecule has 0 aliphatic rings. The molecule has 0 aliphatic carbocycles. The molecule has 0 aliphatic heterocycles. The largest absolute Gasteiger partial charge is 0.462 e. The fraction of sp³-hybridized carbons (Fsp3) is 0.733. The van der Waals surface area contributed by atoms with Crippen molar-refractivity contribution < 1.29 is 19.1 Å². The Morgan fingerprint density at radius 2 is 0.971 bits per heavy atom. The van der Waals surface area contributed by atoms with E-state index < -0.39 is 11.9 Å². The Bertz CT molecular complexity index is 573. The summed E-state index contributed by atoms with van der Waals surface area (Å²) < 4.78 is 10.7. The molecule has 0 unspecified atom stereocenters. The highest BCUT2D eigenvalue weighted by Gasteiger charge is 2.18. The molecule has 0 heterocycles. The van der Waals surface area contributed by atoms with Gasteiger partial charge in [-0.05, 0) is 30.9 Å². The van der Waals surface area contributed by atoms with Crippen LogP contribution in [-0.2, 0) is 9.47 Å². The fourth-order valence-corrected chi connectivity index (χ4v) is 3.38. The molecule has 1 aromatic carbocycles. The number of unbranched alkanes of at least 4 members (excludes halogenated alkanes) is 10. The summed E-state index contributed by atoms with van der Waals surface area (Å²) in [4.78, 5) is 24.7. The zero-order chi connectivity index (χ0) is 25.4. The lowest BCUT2D eigenvalue weighted by Crippen LogP contribution is -2.15. The number of esters is 2. The zero-order valence-corrected chi connectivity index (χ0v) is 22.8. The number of ether oxygens (including phenoxy) is 2. The Kier molecular flexibility index (Phi) is 21.7. The van der Waals surface area contributed by atoms with Crippen molar-refractivity contribution >= 4 is 11.9 Å². The van der Waals surface area contributed by atoms with E-state index in [1.54, 1.807) is 24.3 Å². The van der Waals surface area contributed by atoms with E-state index in [-0.39, 0.29) is 0 Å². The third-order valence-corrected chi connectivity index (χ3v) is 6.22. The highest BCUT2D eigenvalue weighted by atomic mass is 16.5. The summed E-state index contributed by atoms with van der Waals surface area (Å²) in [5, 5.41) is 0. The lowest BCUT2D eigenvalue weighted by Gasteiger charge is -2.10. The second-order valence-electron chi connectivity index (χ2n) is 9.27. The Morgan fingerprint density at radius 1 is 0.618 bits per heavy atom. The van der Waals surface area contributed by atoms with Crippen LogP contribution in [-0.4, -0.2) is 25.2 Å². The minimum atomic E-state index is -0.444. The van der Waals surface area contributed by atoms with E-state index in [2.05, 4.69) is 34.6 Å². The van der Waals surface area contributed by atoms with Gasteiger partial charge in [-0.2, -0.15) is 0 Å². The van der Waals surface area contributed by atoms with Gasteiger partial charge in [0.25, 0.3) is 0 Å². The minimum absolute atomic E-state index is 0.293. The van der Waals surface area contributed by atoms with Crippen molar-refractivity contribution in [3.8, 4) is 0 Å². The third-order valence-electron chi connectivity index (χ3n) is 6.22. The van der Waals surface area contributed by atoms with E-state index in [9.17, 15) is 9.59 Å². The van der Waals surface area contributed by atoms with Gasteiger partial charge in [0.05, 0.1) is 24.3 Å². The SMILES string of the molecule is CCC(C)CC.CCCCCCCCOC(=O)c1ccccc1C(=O)OCCCCCCCC. The van der Waals surface area contributed by atoms with E-state index in [0.717, 1.165) is 31.6 Å². The fourth-order valence-electron chi connectivity index (χ4n) is 3.38. The summed E-state index contributed by atoms with van der Waals surface area (Å²) in [7, 11) is 0. The molecular formula is C30H52O4. The maximum atomic E-state index is 12.4. The average molecular weight is 477 g/mol. The molecule has 0 bridgehead atoms. The predicted octanol–water partition coefficient (Wildman–Crippen LogP) is 9.16. The van der Waals surface area contributed by atoms with E-state index in [4.69, 9.17) is 9.47 Å². The van der Waals surface area contributed by atoms with Crippen LogP contribution in [0.2, 0.25) is 0 Å². The standard InChI is InChI=1S/C24H38O4.C6H14/c1-3-5-7-9-11-15-19-27-23(25)21-17-13-14-18-22(21)24(26)28-20-16-12-10-8-6-4-2;1-4-6(3)5-2/h13-14,17-18H,3-12,15-16,19-20H2,1-2H3;6H,4-5H2,1-3H3. The summed E-state index contributed by atoms with van der Waals surface area (Å²) >= 11 is 0. The molecule has 0 saturated heterocycles. The van der Waals surface area contributed by atoms with Crippen LogP contribution in [0.3, 0.4) is 0 Å². The Balaban J connectivity index is 0.00000160. The predicted molar refractivity (Wildman–Crippen MR) is 144 cm³/mol. The Hall–Kier alpha value is -1.84. The first kappa shape index (κ1) is 32.2. The molecule has 0 N–H and O–H groups in total. The first-order valence-electron chi connectivity index (χ1n) is 13.9. The van der Waals surface area contributed by atoms with Crippen molar-refractivity contribution in [2.24, 2.45) is 5.92 Å². The number of hydrogen-bond acceptors (Lipinski definition) is 4. The van der Waals surface area contributed by atoms with Crippen LogP contribution in [0.5, 0.6) is 0 Å². The quantitative estimate of drug-likeness (QED) is 0.156. The van der Waals surface area contributed by atoms with Crippen molar-refractivity contribution in [2.45, 2.75) is 125 Å². The third kappa shape index (κ3) is 16.7. The van der Waals surface area contributed by atoms with Crippen LogP contribution < -0.4 is 0 Å². The van der Waals surface area contributed by atoms with Crippen molar-refractivity contribution in [1.82, 2.24) is 0 Å². The number of rotatable bonds is 18. The summed E-state index contributed by atoms with van der Waals surface area (Å²) in [6.45, 7) is 11.9. The molecule has 0 spiro atoms. The van der Waals surface area contributed by atoms with Crippen LogP contribution in [0.25, 0.3) is 0 Å². The van der Waals surface area contributed by atoms with Gasteiger partial charge >= 0.3 is 11.9 Å². The summed E-state index contributed by atoms with van der Waals surface area (Å²) in [5.74, 6) is 0.0475. The van der Waals surface area contributed by atoms with Crippen LogP contribution >= 0.6 is 0 Å². The molecule has 0 aromatic heterocycles. The average Bonchev–Trinajstić information content (AvgIpc) is 2.87. The van der Waals surface area contributed by atoms with Crippen LogP contribution in [0.15, 0.2) is 24.3 Å². The van der Waals surface area contributed by atoms with E-state index in [1.807, 2.05) is 0 Å². The van der Waals surface area contributed by atoms with E-state index in [0.29, 0.717) is 24.3 Å². The van der Waals surface area contributed by atoms with Crippen LogP contribution in [0.1, 0.15) is 145 Å². The van der Waals surface area contributed by atoms with Crippen LogP contribution in [0, 0.1) is 5.92 Å². The number of carbonyl (C=O) groups is 2. The van der Waals surface area contributed by atoms with Crippen molar-refractivity contribution in [3.05, 3.63) is 35.4 Å². The maximum absolute atomic E-state index is 12.4. The van der Waals surface area contributed by atoms with Gasteiger partial charge in [0, 0.05) is 0 Å². The summed E-state index contributed by atoms with van der Waals surface area (Å²) in [6, 6.07) is 6.74. The second kappa shape index (κ2) is 22.9. The summed E-state index contributed by atoms with van der Waals surface area (Å²) in [5.41, 5.74) is 0.586. The molecule has 1 rings (SSSR count). The zero-order valence-electron chi connectivity index (χ0n) is 22.8. The normalized spacial score (nSPS) is 10.5. The highest BCUT2D eigenvalue weighted by Crippen LogP contribution is 2.14. The van der Waals surface area contributed by atoms with Gasteiger partial charge in [-0.3, -0.25) is 0 Å². The molecule has 1 aromatic rings. The Labute approximate surface area is 210 Å². The molecular weight excluding hydrogens is 424 g/mol. The molecule has 196 valence electrons. The van der Waals surface area contributed by atoms with Gasteiger partial charge in [0.15, 0.2) is 0 Å². The summed E-state index contributed by atoms with van der Waals surface area (Å²) in [6.07, 6.45) is 16.3. The lowest BCUT2D eigenvalue weighted by molar-refractivity contribution is 0.0450. The van der Waals surface area contributed by atoms with Gasteiger partial charge in [-0.15, -0.1) is 0 Å². The first-order chi connectivity index (χ1) is 16.5. The second-order valence-corrected chi connectivity index (χ2v) is 9.27. The minimum Gasteiger partial charge on any atom is -0.462 e. The Morgan fingerprint density at radius 3 is 1.29 bits per heavy atom. The van der Waals surface area contributed by atoms with Gasteiger partial charge in [0.1, 0.15) is 0 Å². The van der Waals surface area contributed by atoms with Gasteiger partial charge in [-0.25, -0.2) is 9.59 Å². The van der Waals surface area contributed by atoms with Crippen molar-refractivity contribution in [3.63, 3.8) is 0 Å². The molecule has 4 nitrogen and oxygen atoms in total. The monoisotopic (exact) mass is 476 g/mol. The van der Waals surface area contributed by atoms with Crippen molar-refractivity contribution in [2.75, 3.05) is 13.2 Å². The van der Waals surface area contributed by atoms with Gasteiger partial charge in [0.2, 0.25) is 0 Å². The molecule has 0 atom stereocenters. The smallest absolute Gasteiger partial charge is 0.339 e. The molecule has 0 amide bonds. The van der Waals surface area contributed by atoms with Crippen LogP contribution in [0.4, 0.5) is 0 Å².